The summed E-state index contributed by atoms with van der Waals surface area (Å²) in [7, 11) is 0. The van der Waals surface area contributed by atoms with Gasteiger partial charge in [0.2, 0.25) is 0 Å². The summed E-state index contributed by atoms with van der Waals surface area (Å²) < 4.78 is 0. The molecule has 1 aromatic heterocycles. The molecule has 0 aromatic carbocycles. The maximum absolute atomic E-state index is 11.9. The van der Waals surface area contributed by atoms with Crippen molar-refractivity contribution in [2.45, 2.75) is 33.7 Å². The molecule has 0 bridgehead atoms. The van der Waals surface area contributed by atoms with E-state index in [4.69, 9.17) is 11.6 Å². The molecule has 1 N–H and O–H groups in total. The largest absolute Gasteiger partial charge is 0.349 e. The van der Waals surface area contributed by atoms with Crippen molar-refractivity contribution in [3.63, 3.8) is 0 Å². The van der Waals surface area contributed by atoms with E-state index in [0.29, 0.717) is 10.6 Å². The van der Waals surface area contributed by atoms with Gasteiger partial charge in [-0.05, 0) is 18.4 Å². The molecule has 0 saturated heterocycles. The summed E-state index contributed by atoms with van der Waals surface area (Å²) in [5.74, 6) is -0.158. The number of nitrogens with one attached hydrogen (secondary N) is 1. The minimum Gasteiger partial charge on any atom is -0.349 e. The summed E-state index contributed by atoms with van der Waals surface area (Å²) in [5.41, 5.74) is 0.489. The first kappa shape index (κ1) is 13.0. The van der Waals surface area contributed by atoms with Crippen molar-refractivity contribution in [2.75, 3.05) is 0 Å². The molecule has 88 valence electrons. The molecule has 1 atom stereocenters. The first-order chi connectivity index (χ1) is 7.32. The van der Waals surface area contributed by atoms with Crippen LogP contribution < -0.4 is 5.32 Å². The third-order valence-electron chi connectivity index (χ3n) is 2.66. The van der Waals surface area contributed by atoms with E-state index < -0.39 is 0 Å². The Labute approximate surface area is 101 Å². The Morgan fingerprint density at radius 2 is 2.12 bits per heavy atom. The zero-order valence-electron chi connectivity index (χ0n) is 10.0. The van der Waals surface area contributed by atoms with E-state index in [1.807, 2.05) is 6.92 Å². The summed E-state index contributed by atoms with van der Waals surface area (Å²) in [5, 5.41) is 3.30. The molecule has 1 rings (SSSR count). The van der Waals surface area contributed by atoms with Crippen molar-refractivity contribution in [3.8, 4) is 0 Å². The van der Waals surface area contributed by atoms with Crippen LogP contribution in [-0.4, -0.2) is 16.9 Å². The number of hydrogen-bond acceptors (Lipinski definition) is 2. The maximum atomic E-state index is 11.9. The standard InChI is InChI=1S/C12H17ClN2O/c1-8(12(2,3)4)15-11(16)9-5-6-14-7-10(9)13/h5-8H,1-4H3,(H,15,16). The van der Waals surface area contributed by atoms with Crippen LogP contribution in [0, 0.1) is 5.41 Å². The van der Waals surface area contributed by atoms with E-state index in [0.717, 1.165) is 0 Å². The van der Waals surface area contributed by atoms with Gasteiger partial charge in [0, 0.05) is 18.4 Å². The second-order valence-electron chi connectivity index (χ2n) is 4.92. The fourth-order valence-corrected chi connectivity index (χ4v) is 1.26. The predicted molar refractivity (Wildman–Crippen MR) is 65.6 cm³/mol. The van der Waals surface area contributed by atoms with Crippen molar-refractivity contribution >= 4 is 17.5 Å². The lowest BCUT2D eigenvalue weighted by Gasteiger charge is -2.28. The van der Waals surface area contributed by atoms with Crippen molar-refractivity contribution in [3.05, 3.63) is 29.0 Å². The minimum atomic E-state index is -0.158. The first-order valence-corrected chi connectivity index (χ1v) is 5.60. The molecular weight excluding hydrogens is 224 g/mol. The summed E-state index contributed by atoms with van der Waals surface area (Å²) in [6, 6.07) is 1.69. The molecule has 0 aliphatic rings. The molecule has 1 unspecified atom stereocenters. The van der Waals surface area contributed by atoms with Crippen LogP contribution in [0.4, 0.5) is 0 Å². The number of pyridine rings is 1. The van der Waals surface area contributed by atoms with E-state index in [1.165, 1.54) is 6.20 Å². The summed E-state index contributed by atoms with van der Waals surface area (Å²) in [6.45, 7) is 8.21. The van der Waals surface area contributed by atoms with Crippen LogP contribution in [-0.2, 0) is 0 Å². The molecule has 0 aliphatic heterocycles. The van der Waals surface area contributed by atoms with Gasteiger partial charge in [0.15, 0.2) is 0 Å². The van der Waals surface area contributed by atoms with Crippen molar-refractivity contribution < 1.29 is 4.79 Å². The SMILES string of the molecule is CC(NC(=O)c1ccncc1Cl)C(C)(C)C. The van der Waals surface area contributed by atoms with E-state index in [-0.39, 0.29) is 17.4 Å². The molecule has 4 heteroatoms. The van der Waals surface area contributed by atoms with Gasteiger partial charge in [-0.15, -0.1) is 0 Å². The van der Waals surface area contributed by atoms with E-state index in [1.54, 1.807) is 12.3 Å². The van der Waals surface area contributed by atoms with Crippen LogP contribution in [0.2, 0.25) is 5.02 Å². The quantitative estimate of drug-likeness (QED) is 0.864. The minimum absolute atomic E-state index is 0.0230. The first-order valence-electron chi connectivity index (χ1n) is 5.22. The van der Waals surface area contributed by atoms with Crippen LogP contribution in [0.15, 0.2) is 18.5 Å². The van der Waals surface area contributed by atoms with Gasteiger partial charge in [-0.25, -0.2) is 0 Å². The molecular formula is C12H17ClN2O. The smallest absolute Gasteiger partial charge is 0.253 e. The third-order valence-corrected chi connectivity index (χ3v) is 2.96. The topological polar surface area (TPSA) is 42.0 Å². The second-order valence-corrected chi connectivity index (χ2v) is 5.32. The molecule has 0 fully saturated rings. The van der Waals surface area contributed by atoms with Gasteiger partial charge in [-0.3, -0.25) is 9.78 Å². The molecule has 1 heterocycles. The molecule has 0 radical (unpaired) electrons. The van der Waals surface area contributed by atoms with Crippen LogP contribution in [0.5, 0.6) is 0 Å². The van der Waals surface area contributed by atoms with E-state index in [9.17, 15) is 4.79 Å². The highest BCUT2D eigenvalue weighted by atomic mass is 35.5. The fraction of sp³-hybridized carbons (Fsp3) is 0.500. The average molecular weight is 241 g/mol. The van der Waals surface area contributed by atoms with Gasteiger partial charge < -0.3 is 5.32 Å². The molecule has 0 saturated carbocycles. The zero-order chi connectivity index (χ0) is 12.3. The summed E-state index contributed by atoms with van der Waals surface area (Å²) in [6.07, 6.45) is 3.03. The van der Waals surface area contributed by atoms with Crippen LogP contribution in [0.1, 0.15) is 38.1 Å². The summed E-state index contributed by atoms with van der Waals surface area (Å²) >= 11 is 5.89. The van der Waals surface area contributed by atoms with Gasteiger partial charge in [-0.2, -0.15) is 0 Å². The fourth-order valence-electron chi connectivity index (χ4n) is 1.05. The van der Waals surface area contributed by atoms with E-state index in [2.05, 4.69) is 31.1 Å². The van der Waals surface area contributed by atoms with Gasteiger partial charge in [0.1, 0.15) is 0 Å². The monoisotopic (exact) mass is 240 g/mol. The van der Waals surface area contributed by atoms with Crippen LogP contribution >= 0.6 is 11.6 Å². The lowest BCUT2D eigenvalue weighted by Crippen LogP contribution is -2.41. The van der Waals surface area contributed by atoms with Crippen molar-refractivity contribution in [1.82, 2.24) is 10.3 Å². The number of rotatable bonds is 2. The van der Waals surface area contributed by atoms with Gasteiger partial charge in [-0.1, -0.05) is 32.4 Å². The van der Waals surface area contributed by atoms with Gasteiger partial charge >= 0.3 is 0 Å². The highest BCUT2D eigenvalue weighted by molar-refractivity contribution is 6.33. The van der Waals surface area contributed by atoms with Gasteiger partial charge in [0.05, 0.1) is 10.6 Å². The number of hydrogen-bond donors (Lipinski definition) is 1. The number of aromatic nitrogens is 1. The second kappa shape index (κ2) is 4.83. The zero-order valence-corrected chi connectivity index (χ0v) is 10.8. The van der Waals surface area contributed by atoms with Crippen molar-refractivity contribution in [1.29, 1.82) is 0 Å². The van der Waals surface area contributed by atoms with Crippen LogP contribution in [0.3, 0.4) is 0 Å². The Hall–Kier alpha value is -1.09. The third kappa shape index (κ3) is 3.20. The number of nitrogens with zero attached hydrogens (tertiary/aromatic N) is 1. The maximum Gasteiger partial charge on any atom is 0.253 e. The van der Waals surface area contributed by atoms with Crippen molar-refractivity contribution in [2.24, 2.45) is 5.41 Å². The highest BCUT2D eigenvalue weighted by Crippen LogP contribution is 2.20. The molecule has 1 aromatic rings. The highest BCUT2D eigenvalue weighted by Gasteiger charge is 2.22. The lowest BCUT2D eigenvalue weighted by molar-refractivity contribution is 0.0910. The Morgan fingerprint density at radius 1 is 1.50 bits per heavy atom. The van der Waals surface area contributed by atoms with E-state index >= 15 is 0 Å². The Balaban J connectivity index is 2.78. The summed E-state index contributed by atoms with van der Waals surface area (Å²) in [4.78, 5) is 15.7. The predicted octanol–water partition coefficient (Wildman–Crippen LogP) is 2.90. The Kier molecular flexibility index (Phi) is 3.92. The normalized spacial score (nSPS) is 13.3. The number of carbonyl (C=O) groups excluding carboxylic acids is 1. The molecule has 16 heavy (non-hydrogen) atoms. The lowest BCUT2D eigenvalue weighted by atomic mass is 9.88. The molecule has 1 amide bonds. The number of amides is 1. The average Bonchev–Trinajstić information content (AvgIpc) is 2.16. The molecule has 0 spiro atoms. The van der Waals surface area contributed by atoms with Gasteiger partial charge in [0.25, 0.3) is 5.91 Å². The molecule has 3 nitrogen and oxygen atoms in total. The number of carbonyl (C=O) groups is 1. The Bertz CT molecular complexity index is 385. The molecule has 0 aliphatic carbocycles. The van der Waals surface area contributed by atoms with Crippen LogP contribution in [0.25, 0.3) is 0 Å². The number of halogens is 1. The Morgan fingerprint density at radius 3 is 2.62 bits per heavy atom.